The van der Waals surface area contributed by atoms with Crippen LogP contribution in [0, 0.1) is 20.8 Å². The molecule has 0 spiro atoms. The summed E-state index contributed by atoms with van der Waals surface area (Å²) in [6.45, 7) is 5.95. The molecule has 32 heavy (non-hydrogen) atoms. The second-order valence-corrected chi connectivity index (χ2v) is 9.74. The van der Waals surface area contributed by atoms with E-state index in [9.17, 15) is 19.5 Å². The molecule has 4 rings (SSSR count). The van der Waals surface area contributed by atoms with Gasteiger partial charge in [0.1, 0.15) is 11.4 Å². The third kappa shape index (κ3) is 4.47. The molecule has 3 atom stereocenters. The summed E-state index contributed by atoms with van der Waals surface area (Å²) < 4.78 is 0. The average Bonchev–Trinajstić information content (AvgIpc) is 3.29. The number of carbonyl (C=O) groups is 3. The van der Waals surface area contributed by atoms with Crippen LogP contribution >= 0.6 is 23.1 Å². The molecule has 8 nitrogen and oxygen atoms in total. The maximum Gasteiger partial charge on any atom is 1.00 e. The molecule has 3 N–H and O–H groups in total. The summed E-state index contributed by atoms with van der Waals surface area (Å²) >= 11 is 2.55. The number of hydrogen-bond donors (Lipinski definition) is 2. The molecule has 2 fully saturated rings. The molecule has 11 heteroatoms. The number of carboxylic acid groups (broad SMARTS) is 1. The summed E-state index contributed by atoms with van der Waals surface area (Å²) in [7, 11) is 0. The molecule has 0 bridgehead atoms. The van der Waals surface area contributed by atoms with Crippen molar-refractivity contribution in [3.63, 3.8) is 0 Å². The first-order chi connectivity index (χ1) is 14.7. The molecule has 2 aliphatic heterocycles. The topological polar surface area (TPSA) is 128 Å². The van der Waals surface area contributed by atoms with Crippen LogP contribution in [0.4, 0.5) is 5.13 Å². The number of benzene rings is 1. The van der Waals surface area contributed by atoms with Crippen molar-refractivity contribution >= 4 is 57.7 Å². The Bertz CT molecular complexity index is 1110. The average molecular weight is 481 g/mol. The fourth-order valence-corrected chi connectivity index (χ4v) is 6.06. The second kappa shape index (κ2) is 9.56. The SMILES string of the molecule is Cc1cc(C)c(C=C(C(=O)NC2C(=O)N3C(C(=O)[O-])CS[C@H]23)c2csc(N)n2)c(C)c1.[Na+]. The number of hydrogen-bond acceptors (Lipinski definition) is 8. The number of nitrogen functional groups attached to an aromatic ring is 1. The molecule has 162 valence electrons. The van der Waals surface area contributed by atoms with Crippen molar-refractivity contribution in [2.24, 2.45) is 0 Å². The van der Waals surface area contributed by atoms with Crippen LogP contribution in [0.1, 0.15) is 27.9 Å². The van der Waals surface area contributed by atoms with E-state index in [4.69, 9.17) is 5.73 Å². The Balaban J connectivity index is 0.00000289. The molecule has 1 aromatic heterocycles. The van der Waals surface area contributed by atoms with E-state index in [2.05, 4.69) is 10.3 Å². The van der Waals surface area contributed by atoms with E-state index in [0.29, 0.717) is 16.4 Å². The summed E-state index contributed by atoms with van der Waals surface area (Å²) in [5.41, 5.74) is 10.6. The summed E-state index contributed by atoms with van der Waals surface area (Å²) in [6.07, 6.45) is 1.76. The van der Waals surface area contributed by atoms with Crippen molar-refractivity contribution < 1.29 is 49.0 Å². The smallest absolute Gasteiger partial charge is 0.548 e. The fourth-order valence-electron chi connectivity index (χ4n) is 4.03. The maximum atomic E-state index is 13.2. The molecular formula is C21H21N4NaO4S2. The Morgan fingerprint density at radius 3 is 2.50 bits per heavy atom. The monoisotopic (exact) mass is 480 g/mol. The maximum absolute atomic E-state index is 13.2. The Hall–Kier alpha value is -1.85. The molecule has 0 saturated carbocycles. The van der Waals surface area contributed by atoms with E-state index in [1.165, 1.54) is 28.0 Å². The number of aliphatic carboxylic acids is 1. The standard InChI is InChI=1S/C21H22N4O4S2.Na/c1-9-4-10(2)12(11(3)5-9)6-13(14-7-31-21(22)23-14)17(26)24-16-18(27)25-15(20(28)29)8-30-19(16)25;/h4-7,15-16,19H,8H2,1-3H3,(H2,22,23)(H,24,26)(H,28,29);/q;+1/p-1/t15?,16?,19-;/m1./s1. The van der Waals surface area contributed by atoms with Crippen LogP contribution in [-0.2, 0) is 14.4 Å². The number of carbonyl (C=O) groups excluding carboxylic acids is 3. The Morgan fingerprint density at radius 2 is 1.94 bits per heavy atom. The number of nitrogens with one attached hydrogen (secondary N) is 1. The van der Waals surface area contributed by atoms with Gasteiger partial charge in [0.05, 0.1) is 23.3 Å². The van der Waals surface area contributed by atoms with Gasteiger partial charge in [-0.3, -0.25) is 9.59 Å². The number of nitrogens with two attached hydrogens (primary N) is 1. The second-order valence-electron chi connectivity index (χ2n) is 7.70. The van der Waals surface area contributed by atoms with Gasteiger partial charge in [-0.05, 0) is 43.5 Å². The molecule has 2 saturated heterocycles. The zero-order valence-corrected chi connectivity index (χ0v) is 21.8. The van der Waals surface area contributed by atoms with E-state index in [-0.39, 0.29) is 35.3 Å². The number of thiazole rings is 1. The number of nitrogens with zero attached hydrogens (tertiary/aromatic N) is 2. The summed E-state index contributed by atoms with van der Waals surface area (Å²) in [5, 5.41) is 15.6. The van der Waals surface area contributed by atoms with Crippen LogP contribution in [0.3, 0.4) is 0 Å². The predicted molar refractivity (Wildman–Crippen MR) is 119 cm³/mol. The van der Waals surface area contributed by atoms with Crippen molar-refractivity contribution in [2.45, 2.75) is 38.2 Å². The molecule has 2 aliphatic rings. The quantitative estimate of drug-likeness (QED) is 0.280. The van der Waals surface area contributed by atoms with Gasteiger partial charge >= 0.3 is 29.6 Å². The number of fused-ring (bicyclic) bond motifs is 1. The predicted octanol–water partition coefficient (Wildman–Crippen LogP) is -2.29. The van der Waals surface area contributed by atoms with Gasteiger partial charge in [-0.15, -0.1) is 23.1 Å². The van der Waals surface area contributed by atoms with Crippen LogP contribution in [0.25, 0.3) is 11.6 Å². The van der Waals surface area contributed by atoms with Crippen LogP contribution in [0.2, 0.25) is 0 Å². The van der Waals surface area contributed by atoms with Gasteiger partial charge < -0.3 is 25.9 Å². The molecule has 0 radical (unpaired) electrons. The van der Waals surface area contributed by atoms with Gasteiger partial charge in [0.25, 0.3) is 5.91 Å². The van der Waals surface area contributed by atoms with Gasteiger partial charge in [-0.2, -0.15) is 0 Å². The number of amides is 2. The number of β-lactam (4-membered cyclic amide) rings is 1. The van der Waals surface area contributed by atoms with Crippen molar-refractivity contribution in [1.29, 1.82) is 0 Å². The normalized spacial score (nSPS) is 22.1. The first-order valence-corrected chi connectivity index (χ1v) is 11.6. The first-order valence-electron chi connectivity index (χ1n) is 9.63. The number of carboxylic acids is 1. The van der Waals surface area contributed by atoms with E-state index in [0.717, 1.165) is 22.3 Å². The summed E-state index contributed by atoms with van der Waals surface area (Å²) in [4.78, 5) is 42.5. The summed E-state index contributed by atoms with van der Waals surface area (Å²) in [5.74, 6) is -1.91. The number of aryl methyl sites for hydroxylation is 3. The molecule has 2 unspecified atom stereocenters. The van der Waals surface area contributed by atoms with Gasteiger partial charge in [-0.25, -0.2) is 4.98 Å². The van der Waals surface area contributed by atoms with E-state index in [1.807, 2.05) is 32.9 Å². The van der Waals surface area contributed by atoms with Gasteiger partial charge in [0.15, 0.2) is 5.13 Å². The Kier molecular flexibility index (Phi) is 7.41. The molecule has 2 amide bonds. The zero-order chi connectivity index (χ0) is 22.4. The minimum absolute atomic E-state index is 0. The van der Waals surface area contributed by atoms with Crippen LogP contribution in [0.15, 0.2) is 17.5 Å². The largest absolute Gasteiger partial charge is 1.00 e. The van der Waals surface area contributed by atoms with Gasteiger partial charge in [0.2, 0.25) is 5.91 Å². The van der Waals surface area contributed by atoms with Gasteiger partial charge in [-0.1, -0.05) is 17.7 Å². The minimum atomic E-state index is -1.28. The Morgan fingerprint density at radius 1 is 1.28 bits per heavy atom. The summed E-state index contributed by atoms with van der Waals surface area (Å²) in [6, 6.07) is 2.32. The van der Waals surface area contributed by atoms with E-state index in [1.54, 1.807) is 11.5 Å². The van der Waals surface area contributed by atoms with Crippen molar-refractivity contribution in [2.75, 3.05) is 11.5 Å². The molecular weight excluding hydrogens is 459 g/mol. The zero-order valence-electron chi connectivity index (χ0n) is 18.2. The molecule has 3 heterocycles. The minimum Gasteiger partial charge on any atom is -0.548 e. The van der Waals surface area contributed by atoms with Gasteiger partial charge in [0, 0.05) is 11.1 Å². The number of rotatable bonds is 5. The van der Waals surface area contributed by atoms with Crippen molar-refractivity contribution in [1.82, 2.24) is 15.2 Å². The Labute approximate surface area is 215 Å². The van der Waals surface area contributed by atoms with Crippen LogP contribution in [0.5, 0.6) is 0 Å². The number of anilines is 1. The molecule has 2 aromatic rings. The number of aromatic nitrogens is 1. The third-order valence-corrected chi connectivity index (χ3v) is 7.49. The van der Waals surface area contributed by atoms with Crippen LogP contribution in [-0.4, -0.2) is 50.9 Å². The molecule has 0 aliphatic carbocycles. The van der Waals surface area contributed by atoms with Crippen molar-refractivity contribution in [3.05, 3.63) is 45.5 Å². The molecule has 1 aromatic carbocycles. The van der Waals surface area contributed by atoms with Crippen molar-refractivity contribution in [3.8, 4) is 0 Å². The van der Waals surface area contributed by atoms with E-state index < -0.39 is 35.2 Å². The number of thioether (sulfide) groups is 1. The third-order valence-electron chi connectivity index (χ3n) is 5.47. The first kappa shape index (κ1) is 24.8. The van der Waals surface area contributed by atoms with E-state index >= 15 is 0 Å². The van der Waals surface area contributed by atoms with Crippen LogP contribution < -0.4 is 45.7 Å². The fraction of sp³-hybridized carbons (Fsp3) is 0.333.